The van der Waals surface area contributed by atoms with Crippen molar-refractivity contribution in [2.45, 2.75) is 31.8 Å². The van der Waals surface area contributed by atoms with Gasteiger partial charge in [0.15, 0.2) is 5.96 Å². The van der Waals surface area contributed by atoms with E-state index in [1.807, 2.05) is 7.05 Å². The van der Waals surface area contributed by atoms with Crippen LogP contribution in [0.15, 0.2) is 47.5 Å². The van der Waals surface area contributed by atoms with Gasteiger partial charge in [-0.05, 0) is 48.7 Å². The second-order valence-electron chi connectivity index (χ2n) is 7.17. The molecule has 2 aromatic carbocycles. The largest absolute Gasteiger partial charge is 0.352 e. The predicted octanol–water partition coefficient (Wildman–Crippen LogP) is 3.70. The molecule has 2 aromatic rings. The molecule has 2 saturated heterocycles. The fourth-order valence-electron chi connectivity index (χ4n) is 4.29. The summed E-state index contributed by atoms with van der Waals surface area (Å²) in [5, 5.41) is 6.21. The van der Waals surface area contributed by atoms with Crippen molar-refractivity contribution in [2.24, 2.45) is 4.99 Å². The summed E-state index contributed by atoms with van der Waals surface area (Å²) in [6.45, 7) is 5.59. The number of aliphatic imine (C=N–C) groups is 1. The Kier molecular flexibility index (Phi) is 6.75. The Morgan fingerprint density at radius 1 is 1.08 bits per heavy atom. The van der Waals surface area contributed by atoms with Crippen LogP contribution in [0, 0.1) is 0 Å². The number of fused-ring (bicyclic) bond motifs is 1. The lowest BCUT2D eigenvalue weighted by Crippen LogP contribution is -2.42. The van der Waals surface area contributed by atoms with Gasteiger partial charge in [-0.1, -0.05) is 42.5 Å². The van der Waals surface area contributed by atoms with Gasteiger partial charge < -0.3 is 10.2 Å². The van der Waals surface area contributed by atoms with E-state index in [1.165, 1.54) is 48.7 Å². The molecule has 2 heterocycles. The zero-order chi connectivity index (χ0) is 17.1. The Bertz CT molecular complexity index is 749. The number of rotatable bonds is 3. The van der Waals surface area contributed by atoms with Crippen LogP contribution < -0.4 is 5.32 Å². The van der Waals surface area contributed by atoms with Gasteiger partial charge in [0, 0.05) is 32.7 Å². The van der Waals surface area contributed by atoms with E-state index in [0.717, 1.165) is 25.6 Å². The Morgan fingerprint density at radius 3 is 2.65 bits per heavy atom. The maximum atomic E-state index is 4.54. The molecule has 0 bridgehead atoms. The first-order valence-corrected chi connectivity index (χ1v) is 9.51. The third kappa shape index (κ3) is 4.14. The average molecular weight is 464 g/mol. The van der Waals surface area contributed by atoms with Crippen LogP contribution in [-0.2, 0) is 6.54 Å². The summed E-state index contributed by atoms with van der Waals surface area (Å²) in [5.41, 5.74) is 1.33. The molecule has 2 aliphatic rings. The molecule has 4 rings (SSSR count). The van der Waals surface area contributed by atoms with Crippen LogP contribution in [0.4, 0.5) is 0 Å². The smallest absolute Gasteiger partial charge is 0.193 e. The highest BCUT2D eigenvalue weighted by Gasteiger charge is 2.30. The number of nitrogens with one attached hydrogen (secondary N) is 1. The van der Waals surface area contributed by atoms with Crippen LogP contribution in [0.3, 0.4) is 0 Å². The monoisotopic (exact) mass is 464 g/mol. The van der Waals surface area contributed by atoms with Gasteiger partial charge in [0.05, 0.1) is 0 Å². The normalized spacial score (nSPS) is 21.2. The fraction of sp³-hybridized carbons (Fsp3) is 0.476. The van der Waals surface area contributed by atoms with Crippen molar-refractivity contribution in [1.82, 2.24) is 15.1 Å². The van der Waals surface area contributed by atoms with E-state index >= 15 is 0 Å². The molecule has 0 radical (unpaired) electrons. The first-order chi connectivity index (χ1) is 12.3. The molecule has 26 heavy (non-hydrogen) atoms. The van der Waals surface area contributed by atoms with Gasteiger partial charge in [0.25, 0.3) is 0 Å². The molecule has 0 saturated carbocycles. The van der Waals surface area contributed by atoms with Crippen LogP contribution in [-0.4, -0.2) is 55.0 Å². The zero-order valence-electron chi connectivity index (χ0n) is 15.5. The summed E-state index contributed by atoms with van der Waals surface area (Å²) in [7, 11) is 1.90. The molecule has 1 atom stereocenters. The first kappa shape index (κ1) is 19.4. The molecular weight excluding hydrogens is 435 g/mol. The average Bonchev–Trinajstić information content (AvgIpc) is 3.34. The first-order valence-electron chi connectivity index (χ1n) is 9.51. The zero-order valence-corrected chi connectivity index (χ0v) is 17.9. The summed E-state index contributed by atoms with van der Waals surface area (Å²) in [4.78, 5) is 9.63. The van der Waals surface area contributed by atoms with Crippen molar-refractivity contribution in [3.8, 4) is 0 Å². The van der Waals surface area contributed by atoms with E-state index in [-0.39, 0.29) is 24.0 Å². The van der Waals surface area contributed by atoms with Gasteiger partial charge in [-0.25, -0.2) is 0 Å². The summed E-state index contributed by atoms with van der Waals surface area (Å²) >= 11 is 0. The number of nitrogens with zero attached hydrogens (tertiary/aromatic N) is 3. The van der Waals surface area contributed by atoms with Crippen LogP contribution in [0.2, 0.25) is 0 Å². The lowest BCUT2D eigenvalue weighted by molar-refractivity contribution is 0.249. The summed E-state index contributed by atoms with van der Waals surface area (Å²) < 4.78 is 0. The van der Waals surface area contributed by atoms with E-state index in [0.29, 0.717) is 6.04 Å². The Balaban J connectivity index is 0.00000196. The topological polar surface area (TPSA) is 30.9 Å². The maximum absolute atomic E-state index is 4.54. The minimum Gasteiger partial charge on any atom is -0.352 e. The van der Waals surface area contributed by atoms with Gasteiger partial charge in [-0.3, -0.25) is 9.89 Å². The van der Waals surface area contributed by atoms with Crippen molar-refractivity contribution >= 4 is 40.7 Å². The number of guanidine groups is 1. The second kappa shape index (κ2) is 9.04. The Labute approximate surface area is 173 Å². The van der Waals surface area contributed by atoms with Gasteiger partial charge in [0.2, 0.25) is 0 Å². The van der Waals surface area contributed by atoms with Crippen LogP contribution in [0.1, 0.15) is 24.8 Å². The molecule has 1 unspecified atom stereocenters. The van der Waals surface area contributed by atoms with E-state index in [2.05, 4.69) is 62.6 Å². The highest BCUT2D eigenvalue weighted by atomic mass is 127. The van der Waals surface area contributed by atoms with Gasteiger partial charge in [0.1, 0.15) is 0 Å². The minimum atomic E-state index is 0. The third-order valence-electron chi connectivity index (χ3n) is 5.65. The van der Waals surface area contributed by atoms with Crippen molar-refractivity contribution in [3.63, 3.8) is 0 Å². The second-order valence-corrected chi connectivity index (χ2v) is 7.17. The highest BCUT2D eigenvalue weighted by molar-refractivity contribution is 14.0. The molecule has 0 amide bonds. The Morgan fingerprint density at radius 2 is 1.85 bits per heavy atom. The van der Waals surface area contributed by atoms with Crippen molar-refractivity contribution in [1.29, 1.82) is 0 Å². The molecule has 1 N–H and O–H groups in total. The van der Waals surface area contributed by atoms with E-state index < -0.39 is 0 Å². The SMILES string of the molecule is CN=C(NCc1cccc2ccccc12)N1CCC(N2CCCC2)C1.I. The highest BCUT2D eigenvalue weighted by Crippen LogP contribution is 2.21. The molecule has 5 heteroatoms. The van der Waals surface area contributed by atoms with Crippen LogP contribution in [0.5, 0.6) is 0 Å². The summed E-state index contributed by atoms with van der Waals surface area (Å²) in [6, 6.07) is 15.8. The fourth-order valence-corrected chi connectivity index (χ4v) is 4.29. The minimum absolute atomic E-state index is 0. The van der Waals surface area contributed by atoms with Gasteiger partial charge in [-0.15, -0.1) is 24.0 Å². The molecular formula is C21H29IN4. The van der Waals surface area contributed by atoms with E-state index in [1.54, 1.807) is 0 Å². The molecule has 0 spiro atoms. The van der Waals surface area contributed by atoms with Crippen LogP contribution in [0.25, 0.3) is 10.8 Å². The number of hydrogen-bond donors (Lipinski definition) is 1. The van der Waals surface area contributed by atoms with Crippen LogP contribution >= 0.6 is 24.0 Å². The van der Waals surface area contributed by atoms with E-state index in [4.69, 9.17) is 0 Å². The maximum Gasteiger partial charge on any atom is 0.193 e. The summed E-state index contributed by atoms with van der Waals surface area (Å²) in [6.07, 6.45) is 3.99. The quantitative estimate of drug-likeness (QED) is 0.427. The van der Waals surface area contributed by atoms with Gasteiger partial charge in [-0.2, -0.15) is 0 Å². The molecule has 2 aliphatic heterocycles. The Hall–Kier alpha value is -1.34. The molecule has 4 nitrogen and oxygen atoms in total. The standard InChI is InChI=1S/C21H28N4.HI/c1-22-21(25-14-11-19(16-25)24-12-4-5-13-24)23-15-18-9-6-8-17-7-2-3-10-20(17)18;/h2-3,6-10,19H,4-5,11-16H2,1H3,(H,22,23);1H. The van der Waals surface area contributed by atoms with Crippen molar-refractivity contribution in [2.75, 3.05) is 33.2 Å². The lowest BCUT2D eigenvalue weighted by atomic mass is 10.0. The summed E-state index contributed by atoms with van der Waals surface area (Å²) in [5.74, 6) is 1.04. The number of halogens is 1. The van der Waals surface area contributed by atoms with E-state index in [9.17, 15) is 0 Å². The molecule has 2 fully saturated rings. The third-order valence-corrected chi connectivity index (χ3v) is 5.65. The number of hydrogen-bond acceptors (Lipinski definition) is 2. The number of benzene rings is 2. The van der Waals surface area contributed by atoms with Gasteiger partial charge >= 0.3 is 0 Å². The molecule has 140 valence electrons. The molecule has 0 aromatic heterocycles. The lowest BCUT2D eigenvalue weighted by Gasteiger charge is -2.25. The molecule has 0 aliphatic carbocycles. The van der Waals surface area contributed by atoms with Crippen molar-refractivity contribution in [3.05, 3.63) is 48.0 Å². The predicted molar refractivity (Wildman–Crippen MR) is 120 cm³/mol. The number of likely N-dealkylation sites (tertiary alicyclic amines) is 2. The van der Waals surface area contributed by atoms with Crippen molar-refractivity contribution < 1.29 is 0 Å².